The lowest BCUT2D eigenvalue weighted by molar-refractivity contribution is -0.124. The second kappa shape index (κ2) is 11.4. The third-order valence-electron chi connectivity index (χ3n) is 8.67. The molecule has 11 heteroatoms. The number of carbonyl (C=O) groups excluding carboxylic acids is 1. The molecule has 3 fully saturated rings. The van der Waals surface area contributed by atoms with E-state index >= 15 is 0 Å². The topological polar surface area (TPSA) is 112 Å². The number of methoxy groups -OCH3 is 2. The number of amides is 1. The first kappa shape index (κ1) is 28.5. The van der Waals surface area contributed by atoms with E-state index in [-0.39, 0.29) is 46.6 Å². The molecule has 2 aromatic heterocycles. The van der Waals surface area contributed by atoms with Crippen molar-refractivity contribution in [1.82, 2.24) is 4.90 Å². The number of hydrogen-bond acceptors (Lipinski definition) is 10. The average Bonchev–Trinajstić information content (AvgIpc) is 3.82. The molecule has 3 heterocycles. The highest BCUT2D eigenvalue weighted by atomic mass is 32.2. The highest BCUT2D eigenvalue weighted by Crippen LogP contribution is 2.49. The van der Waals surface area contributed by atoms with E-state index in [0.717, 1.165) is 18.4 Å². The van der Waals surface area contributed by atoms with Gasteiger partial charge in [0, 0.05) is 18.2 Å². The molecule has 0 spiro atoms. The van der Waals surface area contributed by atoms with Crippen LogP contribution in [0.15, 0.2) is 67.1 Å². The number of thioether (sulfide) groups is 1. The van der Waals surface area contributed by atoms with Crippen molar-refractivity contribution in [2.45, 2.75) is 38.3 Å². The summed E-state index contributed by atoms with van der Waals surface area (Å²) in [5, 5.41) is 11.5. The summed E-state index contributed by atoms with van der Waals surface area (Å²) >= 11 is 6.86. The lowest BCUT2D eigenvalue weighted by Gasteiger charge is -2.30. The van der Waals surface area contributed by atoms with Crippen LogP contribution in [0.25, 0.3) is 28.4 Å². The van der Waals surface area contributed by atoms with Crippen LogP contribution in [0.4, 0.5) is 0 Å². The largest absolute Gasteiger partial charge is 0.506 e. The Kier molecular flexibility index (Phi) is 7.37. The van der Waals surface area contributed by atoms with Gasteiger partial charge in [-0.05, 0) is 79.1 Å². The van der Waals surface area contributed by atoms with Crippen molar-refractivity contribution in [3.8, 4) is 34.3 Å². The number of nitrogens with zero attached hydrogens (tertiary/aromatic N) is 1. The van der Waals surface area contributed by atoms with E-state index in [9.17, 15) is 14.7 Å². The van der Waals surface area contributed by atoms with Crippen molar-refractivity contribution in [2.75, 3.05) is 14.2 Å². The molecule has 0 radical (unpaired) electrons. The van der Waals surface area contributed by atoms with Crippen LogP contribution in [-0.2, 0) is 11.4 Å². The molecule has 2 aliphatic carbocycles. The van der Waals surface area contributed by atoms with E-state index in [4.69, 9.17) is 35.3 Å². The summed E-state index contributed by atoms with van der Waals surface area (Å²) in [5.41, 5.74) is 0.140. The molecule has 44 heavy (non-hydrogen) atoms. The van der Waals surface area contributed by atoms with Crippen LogP contribution in [0, 0.1) is 11.8 Å². The molecule has 4 aromatic rings. The minimum atomic E-state index is -0.754. The Hall–Kier alpha value is -4.22. The summed E-state index contributed by atoms with van der Waals surface area (Å²) in [6.45, 7) is 0.208. The zero-order valence-electron chi connectivity index (χ0n) is 24.0. The van der Waals surface area contributed by atoms with Crippen molar-refractivity contribution in [1.29, 1.82) is 0 Å². The number of hydrogen-bond donors (Lipinski definition) is 1. The molecule has 7 rings (SSSR count). The van der Waals surface area contributed by atoms with Crippen molar-refractivity contribution in [3.63, 3.8) is 0 Å². The highest BCUT2D eigenvalue weighted by molar-refractivity contribution is 8.26. The van der Waals surface area contributed by atoms with Crippen LogP contribution in [0.1, 0.15) is 37.0 Å². The zero-order chi connectivity index (χ0) is 30.5. The predicted molar refractivity (Wildman–Crippen MR) is 170 cm³/mol. The number of fused-ring (bicyclic) bond motifs is 3. The normalized spacial score (nSPS) is 22.0. The van der Waals surface area contributed by atoms with Gasteiger partial charge in [0.1, 0.15) is 56.6 Å². The maximum absolute atomic E-state index is 13.3. The molecule has 1 saturated heterocycles. The quantitative estimate of drug-likeness (QED) is 0.127. The average molecular weight is 632 g/mol. The number of ether oxygens (including phenoxy) is 3. The van der Waals surface area contributed by atoms with Crippen LogP contribution in [-0.4, -0.2) is 40.5 Å². The molecule has 1 aliphatic heterocycles. The molecule has 3 aliphatic rings. The number of thiocarbonyl (C=S) groups is 1. The fourth-order valence-electron chi connectivity index (χ4n) is 6.58. The minimum Gasteiger partial charge on any atom is -0.506 e. The summed E-state index contributed by atoms with van der Waals surface area (Å²) in [4.78, 5) is 28.5. The molecular formula is C33H29NO8S2. The van der Waals surface area contributed by atoms with Gasteiger partial charge in [0.2, 0.25) is 0 Å². The van der Waals surface area contributed by atoms with E-state index < -0.39 is 5.63 Å². The maximum atomic E-state index is 13.3. The maximum Gasteiger partial charge on any atom is 0.351 e. The molecular weight excluding hydrogens is 602 g/mol. The van der Waals surface area contributed by atoms with Gasteiger partial charge < -0.3 is 28.2 Å². The van der Waals surface area contributed by atoms with Crippen molar-refractivity contribution in [2.24, 2.45) is 11.8 Å². The van der Waals surface area contributed by atoms with Crippen molar-refractivity contribution >= 4 is 51.3 Å². The number of carbonyl (C=O) groups is 1. The molecule has 9 nitrogen and oxygen atoms in total. The summed E-state index contributed by atoms with van der Waals surface area (Å²) in [6.07, 6.45) is 6.20. The number of benzene rings is 2. The van der Waals surface area contributed by atoms with Crippen LogP contribution >= 0.6 is 24.0 Å². The molecule has 2 bridgehead atoms. The van der Waals surface area contributed by atoms with E-state index in [1.807, 2.05) is 12.1 Å². The fraction of sp³-hybridized carbons (Fsp3) is 0.303. The summed E-state index contributed by atoms with van der Waals surface area (Å²) in [6, 6.07) is 13.6. The fourth-order valence-corrected chi connectivity index (χ4v) is 7.93. The third-order valence-corrected chi connectivity index (χ3v) is 10.00. The first-order valence-corrected chi connectivity index (χ1v) is 15.6. The number of furan rings is 1. The molecule has 3 unspecified atom stereocenters. The lowest BCUT2D eigenvalue weighted by atomic mass is 9.94. The Morgan fingerprint density at radius 1 is 1.00 bits per heavy atom. The van der Waals surface area contributed by atoms with E-state index in [0.29, 0.717) is 44.1 Å². The van der Waals surface area contributed by atoms with Crippen molar-refractivity contribution < 1.29 is 32.9 Å². The molecule has 1 amide bonds. The predicted octanol–water partition coefficient (Wildman–Crippen LogP) is 6.74. The van der Waals surface area contributed by atoms with Gasteiger partial charge in [-0.3, -0.25) is 9.69 Å². The standard InChI is InChI=1S/C33H29NO8S2/c1-38-22-10-18(11-23(13-22)39-2)16-40-20-5-7-26-24(14-20)30(35)29(32(37)42-26)27-8-6-21(41-27)15-28-31(36)34(33(43)44-28)25-12-17-3-4-19(25)9-17/h5-8,10-11,13-15,17,19,25,35H,3-4,9,12,16H2,1-2H3/b28-15-. The van der Waals surface area contributed by atoms with Gasteiger partial charge in [-0.2, -0.15) is 0 Å². The molecule has 2 saturated carbocycles. The Morgan fingerprint density at radius 3 is 2.50 bits per heavy atom. The number of aromatic hydroxyl groups is 1. The number of rotatable bonds is 8. The van der Waals surface area contributed by atoms with E-state index in [1.165, 1.54) is 24.6 Å². The molecule has 1 N–H and O–H groups in total. The van der Waals surface area contributed by atoms with Gasteiger partial charge in [0.15, 0.2) is 0 Å². The van der Waals surface area contributed by atoms with Gasteiger partial charge in [0.25, 0.3) is 5.91 Å². The van der Waals surface area contributed by atoms with Crippen LogP contribution in [0.2, 0.25) is 0 Å². The van der Waals surface area contributed by atoms with E-state index in [1.54, 1.807) is 61.6 Å². The zero-order valence-corrected chi connectivity index (χ0v) is 25.7. The Morgan fingerprint density at radius 2 is 1.80 bits per heavy atom. The first-order valence-electron chi connectivity index (χ1n) is 14.3. The van der Waals surface area contributed by atoms with Gasteiger partial charge in [-0.25, -0.2) is 4.79 Å². The first-order chi connectivity index (χ1) is 21.3. The van der Waals surface area contributed by atoms with Crippen molar-refractivity contribution in [3.05, 3.63) is 75.2 Å². The smallest absolute Gasteiger partial charge is 0.351 e. The van der Waals surface area contributed by atoms with Crippen LogP contribution in [0.5, 0.6) is 23.0 Å². The summed E-state index contributed by atoms with van der Waals surface area (Å²) < 4.78 is 28.6. The minimum absolute atomic E-state index is 0.108. The second-order valence-corrected chi connectivity index (χ2v) is 13.0. The van der Waals surface area contributed by atoms with Gasteiger partial charge in [0.05, 0.1) is 24.5 Å². The SMILES string of the molecule is COc1cc(COc2ccc3oc(=O)c(-c4ccc(/C=C5\SC(=S)N(C6CC7CCC6C7)C5=O)o4)c(O)c3c2)cc(OC)c1. The van der Waals surface area contributed by atoms with Gasteiger partial charge in [-0.1, -0.05) is 30.4 Å². The van der Waals surface area contributed by atoms with Gasteiger partial charge in [-0.15, -0.1) is 0 Å². The van der Waals surface area contributed by atoms with Gasteiger partial charge >= 0.3 is 5.63 Å². The third kappa shape index (κ3) is 5.13. The molecule has 3 atom stereocenters. The molecule has 226 valence electrons. The molecule has 2 aromatic carbocycles. The lowest BCUT2D eigenvalue weighted by Crippen LogP contribution is -2.41. The van der Waals surface area contributed by atoms with Crippen LogP contribution < -0.4 is 19.8 Å². The van der Waals surface area contributed by atoms with Crippen LogP contribution in [0.3, 0.4) is 0 Å². The summed E-state index contributed by atoms with van der Waals surface area (Å²) in [7, 11) is 3.15. The Bertz CT molecular complexity index is 1870. The van der Waals surface area contributed by atoms with E-state index in [2.05, 4.69) is 0 Å². The monoisotopic (exact) mass is 631 g/mol. The Balaban J connectivity index is 1.13. The second-order valence-electron chi connectivity index (χ2n) is 11.3. The summed E-state index contributed by atoms with van der Waals surface area (Å²) in [5.74, 6) is 2.99. The highest BCUT2D eigenvalue weighted by Gasteiger charge is 2.48. The Labute approximate surface area is 262 Å².